The van der Waals surface area contributed by atoms with Crippen LogP contribution in [-0.4, -0.2) is 5.78 Å². The fourth-order valence-electron chi connectivity index (χ4n) is 1.18. The Morgan fingerprint density at radius 2 is 2.33 bits per heavy atom. The van der Waals surface area contributed by atoms with Crippen LogP contribution < -0.4 is 0 Å². The number of carbonyl (C=O) groups excluding carboxylic acids is 1. The van der Waals surface area contributed by atoms with Crippen LogP contribution in [0.3, 0.4) is 0 Å². The van der Waals surface area contributed by atoms with Crippen molar-refractivity contribution < 1.29 is 9.18 Å². The number of nitriles is 1. The van der Waals surface area contributed by atoms with Crippen LogP contribution in [0.4, 0.5) is 4.39 Å². The largest absolute Gasteiger partial charge is 0.294 e. The van der Waals surface area contributed by atoms with Gasteiger partial charge >= 0.3 is 0 Å². The smallest absolute Gasteiger partial charge is 0.168 e. The lowest BCUT2D eigenvalue weighted by atomic mass is 9.97. The second-order valence-electron chi connectivity index (χ2n) is 3.25. The van der Waals surface area contributed by atoms with Crippen molar-refractivity contribution in [3.63, 3.8) is 0 Å². The van der Waals surface area contributed by atoms with E-state index in [1.165, 1.54) is 12.1 Å². The third kappa shape index (κ3) is 2.77. The Hall–Kier alpha value is -1.40. The highest BCUT2D eigenvalue weighted by Crippen LogP contribution is 2.21. The molecule has 0 bridgehead atoms. The Labute approximate surface area is 92.3 Å². The van der Waals surface area contributed by atoms with Crippen LogP contribution >= 0.6 is 11.6 Å². The average Bonchev–Trinajstić information content (AvgIpc) is 2.17. The maximum atomic E-state index is 12.7. The van der Waals surface area contributed by atoms with Gasteiger partial charge in [0.2, 0.25) is 0 Å². The summed E-state index contributed by atoms with van der Waals surface area (Å²) in [5, 5.41) is 8.54. The number of rotatable bonds is 3. The van der Waals surface area contributed by atoms with Gasteiger partial charge < -0.3 is 0 Å². The molecule has 2 nitrogen and oxygen atoms in total. The molecule has 0 spiro atoms. The van der Waals surface area contributed by atoms with Gasteiger partial charge in [-0.25, -0.2) is 4.39 Å². The molecule has 1 aromatic rings. The standard InChI is InChI=1S/C11H9ClFNO/c1-7(4-5-14)11(15)9-3-2-8(13)6-10(9)12/h2-3,6-7H,4H2,1H3. The first-order chi connectivity index (χ1) is 7.06. The monoisotopic (exact) mass is 225 g/mol. The Bertz CT molecular complexity index is 425. The van der Waals surface area contributed by atoms with Crippen molar-refractivity contribution >= 4 is 17.4 Å². The molecule has 0 amide bonds. The molecule has 78 valence electrons. The van der Waals surface area contributed by atoms with Gasteiger partial charge in [0.15, 0.2) is 5.78 Å². The minimum Gasteiger partial charge on any atom is -0.294 e. The predicted molar refractivity (Wildman–Crippen MR) is 55.1 cm³/mol. The quantitative estimate of drug-likeness (QED) is 0.741. The molecule has 15 heavy (non-hydrogen) atoms. The lowest BCUT2D eigenvalue weighted by molar-refractivity contribution is 0.0932. The fourth-order valence-corrected chi connectivity index (χ4v) is 1.44. The molecule has 0 aromatic heterocycles. The molecule has 0 saturated carbocycles. The molecule has 0 heterocycles. The first-order valence-electron chi connectivity index (χ1n) is 4.42. The van der Waals surface area contributed by atoms with Crippen LogP contribution in [0.5, 0.6) is 0 Å². The minimum absolute atomic E-state index is 0.0878. The van der Waals surface area contributed by atoms with E-state index in [4.69, 9.17) is 16.9 Å². The summed E-state index contributed by atoms with van der Waals surface area (Å²) in [5.74, 6) is -1.14. The molecule has 0 fully saturated rings. The number of nitrogens with zero attached hydrogens (tertiary/aromatic N) is 1. The SMILES string of the molecule is CC(CC#N)C(=O)c1ccc(F)cc1Cl. The maximum Gasteiger partial charge on any atom is 0.168 e. The molecule has 0 aliphatic heterocycles. The minimum atomic E-state index is -0.482. The summed E-state index contributed by atoms with van der Waals surface area (Å²) in [5.41, 5.74) is 0.265. The lowest BCUT2D eigenvalue weighted by Gasteiger charge is -2.07. The van der Waals surface area contributed by atoms with Crippen molar-refractivity contribution in [2.24, 2.45) is 5.92 Å². The molecule has 0 aliphatic carbocycles. The zero-order chi connectivity index (χ0) is 11.4. The van der Waals surface area contributed by atoms with Gasteiger partial charge in [0.05, 0.1) is 11.1 Å². The van der Waals surface area contributed by atoms with Crippen molar-refractivity contribution in [1.82, 2.24) is 0 Å². The third-order valence-electron chi connectivity index (χ3n) is 2.04. The number of hydrogen-bond donors (Lipinski definition) is 0. The molecule has 0 radical (unpaired) electrons. The van der Waals surface area contributed by atoms with Crippen molar-refractivity contribution in [1.29, 1.82) is 5.26 Å². The van der Waals surface area contributed by atoms with Gasteiger partial charge in [0.25, 0.3) is 0 Å². The van der Waals surface area contributed by atoms with E-state index in [1.807, 2.05) is 6.07 Å². The summed E-state index contributed by atoms with van der Waals surface area (Å²) in [6.45, 7) is 1.64. The summed E-state index contributed by atoms with van der Waals surface area (Å²) in [7, 11) is 0. The number of halogens is 2. The predicted octanol–water partition coefficient (Wildman–Crippen LogP) is 3.21. The van der Waals surface area contributed by atoms with E-state index in [9.17, 15) is 9.18 Å². The van der Waals surface area contributed by atoms with Crippen LogP contribution in [0, 0.1) is 23.1 Å². The third-order valence-corrected chi connectivity index (χ3v) is 2.35. The lowest BCUT2D eigenvalue weighted by Crippen LogP contribution is -2.11. The average molecular weight is 226 g/mol. The second kappa shape index (κ2) is 4.90. The summed E-state index contributed by atoms with van der Waals surface area (Å²) in [6, 6.07) is 5.52. The zero-order valence-electron chi connectivity index (χ0n) is 8.13. The van der Waals surface area contributed by atoms with Crippen molar-refractivity contribution in [2.75, 3.05) is 0 Å². The van der Waals surface area contributed by atoms with Crippen LogP contribution in [0.25, 0.3) is 0 Å². The van der Waals surface area contributed by atoms with Gasteiger partial charge in [0.1, 0.15) is 5.82 Å². The van der Waals surface area contributed by atoms with Gasteiger partial charge in [-0.1, -0.05) is 18.5 Å². The van der Waals surface area contributed by atoms with E-state index in [2.05, 4.69) is 0 Å². The van der Waals surface area contributed by atoms with Gasteiger partial charge in [-0.15, -0.1) is 0 Å². The number of hydrogen-bond acceptors (Lipinski definition) is 2. The van der Waals surface area contributed by atoms with Gasteiger partial charge in [-0.05, 0) is 18.2 Å². The summed E-state index contributed by atoms with van der Waals surface area (Å²) < 4.78 is 12.7. The molecule has 0 saturated heterocycles. The van der Waals surface area contributed by atoms with Crippen molar-refractivity contribution in [2.45, 2.75) is 13.3 Å². The van der Waals surface area contributed by atoms with Crippen LogP contribution in [0.1, 0.15) is 23.7 Å². The topological polar surface area (TPSA) is 40.9 Å². The van der Waals surface area contributed by atoms with Crippen molar-refractivity contribution in [3.8, 4) is 6.07 Å². The number of ketones is 1. The number of benzene rings is 1. The van der Waals surface area contributed by atoms with E-state index in [0.29, 0.717) is 0 Å². The first-order valence-corrected chi connectivity index (χ1v) is 4.80. The highest BCUT2D eigenvalue weighted by molar-refractivity contribution is 6.34. The van der Waals surface area contributed by atoms with Crippen LogP contribution in [-0.2, 0) is 0 Å². The van der Waals surface area contributed by atoms with E-state index in [0.717, 1.165) is 6.07 Å². The van der Waals surface area contributed by atoms with Gasteiger partial charge in [-0.3, -0.25) is 4.79 Å². The van der Waals surface area contributed by atoms with E-state index in [-0.39, 0.29) is 22.8 Å². The zero-order valence-corrected chi connectivity index (χ0v) is 8.88. The fraction of sp³-hybridized carbons (Fsp3) is 0.273. The molecule has 0 aliphatic rings. The first kappa shape index (κ1) is 11.7. The van der Waals surface area contributed by atoms with E-state index in [1.54, 1.807) is 6.92 Å². The van der Waals surface area contributed by atoms with E-state index < -0.39 is 11.7 Å². The molecule has 0 N–H and O–H groups in total. The summed E-state index contributed by atoms with van der Waals surface area (Å²) >= 11 is 5.72. The molecule has 1 unspecified atom stereocenters. The normalized spacial score (nSPS) is 11.9. The van der Waals surface area contributed by atoms with E-state index >= 15 is 0 Å². The van der Waals surface area contributed by atoms with Crippen LogP contribution in [0.15, 0.2) is 18.2 Å². The number of carbonyl (C=O) groups is 1. The molecule has 4 heteroatoms. The molecule has 1 atom stereocenters. The maximum absolute atomic E-state index is 12.7. The highest BCUT2D eigenvalue weighted by Gasteiger charge is 2.17. The molecule has 1 aromatic carbocycles. The Morgan fingerprint density at radius 3 is 2.87 bits per heavy atom. The van der Waals surface area contributed by atoms with Gasteiger partial charge in [0, 0.05) is 17.9 Å². The molecular weight excluding hydrogens is 217 g/mol. The Balaban J connectivity index is 2.97. The van der Waals surface area contributed by atoms with Crippen molar-refractivity contribution in [3.05, 3.63) is 34.6 Å². The highest BCUT2D eigenvalue weighted by atomic mass is 35.5. The Morgan fingerprint density at radius 1 is 1.67 bits per heavy atom. The number of Topliss-reactive ketones (excluding diaryl/α,β-unsaturated/α-hetero) is 1. The summed E-state index contributed by atoms with van der Waals surface area (Å²) in [6.07, 6.45) is 0.131. The summed E-state index contributed by atoms with van der Waals surface area (Å²) in [4.78, 5) is 11.7. The molecular formula is C11H9ClFNO. The Kier molecular flexibility index (Phi) is 3.81. The second-order valence-corrected chi connectivity index (χ2v) is 3.66. The molecule has 1 rings (SSSR count). The van der Waals surface area contributed by atoms with Crippen LogP contribution in [0.2, 0.25) is 5.02 Å². The van der Waals surface area contributed by atoms with Gasteiger partial charge in [-0.2, -0.15) is 5.26 Å².